The van der Waals surface area contributed by atoms with Crippen LogP contribution in [0.25, 0.3) is 0 Å². The summed E-state index contributed by atoms with van der Waals surface area (Å²) in [5, 5.41) is 5.14. The second kappa shape index (κ2) is 7.96. The van der Waals surface area contributed by atoms with E-state index >= 15 is 0 Å². The molecule has 0 bridgehead atoms. The molecular weight excluding hydrogens is 276 g/mol. The van der Waals surface area contributed by atoms with E-state index in [0.29, 0.717) is 18.2 Å². The fourth-order valence-corrected chi connectivity index (χ4v) is 2.57. The van der Waals surface area contributed by atoms with Crippen LogP contribution in [0.4, 0.5) is 5.13 Å². The zero-order valence-electron chi connectivity index (χ0n) is 12.5. The normalized spacial score (nSPS) is 10.7. The predicted octanol–water partition coefficient (Wildman–Crippen LogP) is 1.40. The van der Waals surface area contributed by atoms with E-state index in [1.165, 1.54) is 18.3 Å². The van der Waals surface area contributed by atoms with Gasteiger partial charge >= 0.3 is 0 Å². The number of carbonyl (C=O) groups excluding carboxylic acids is 2. The molecule has 0 saturated heterocycles. The van der Waals surface area contributed by atoms with Gasteiger partial charge in [-0.1, -0.05) is 0 Å². The van der Waals surface area contributed by atoms with Gasteiger partial charge in [0.15, 0.2) is 5.13 Å². The maximum atomic E-state index is 12.0. The second-order valence-corrected chi connectivity index (χ2v) is 5.42. The third-order valence-electron chi connectivity index (χ3n) is 2.79. The molecule has 0 aliphatic rings. The second-order valence-electron chi connectivity index (χ2n) is 4.56. The molecule has 0 spiro atoms. The summed E-state index contributed by atoms with van der Waals surface area (Å²) in [7, 11) is 1.89. The molecule has 0 saturated carbocycles. The number of amides is 2. The van der Waals surface area contributed by atoms with Crippen molar-refractivity contribution in [3.63, 3.8) is 0 Å². The van der Waals surface area contributed by atoms with Crippen LogP contribution in [0.15, 0.2) is 5.38 Å². The van der Waals surface area contributed by atoms with Crippen LogP contribution in [-0.4, -0.2) is 53.3 Å². The maximum absolute atomic E-state index is 12.0. The van der Waals surface area contributed by atoms with Crippen LogP contribution in [0.5, 0.6) is 0 Å². The lowest BCUT2D eigenvalue weighted by Gasteiger charge is -2.22. The van der Waals surface area contributed by atoms with Crippen molar-refractivity contribution in [2.75, 3.05) is 32.0 Å². The fraction of sp³-hybridized carbons (Fsp3) is 0.615. The number of rotatable bonds is 7. The standard InChI is InChI=1S/C13H22N4O2S/c1-5-17(6-2)12(19)8-16(4)7-11-9-20-13(15-11)14-10(3)18/h9H,5-8H2,1-4H3,(H,14,15,18). The summed E-state index contributed by atoms with van der Waals surface area (Å²) in [4.78, 5) is 30.9. The Morgan fingerprint density at radius 3 is 2.55 bits per heavy atom. The van der Waals surface area contributed by atoms with Gasteiger partial charge in [-0.25, -0.2) is 4.98 Å². The first-order valence-electron chi connectivity index (χ1n) is 6.64. The van der Waals surface area contributed by atoms with Gasteiger partial charge in [0.25, 0.3) is 0 Å². The van der Waals surface area contributed by atoms with E-state index in [2.05, 4.69) is 10.3 Å². The van der Waals surface area contributed by atoms with E-state index in [1.54, 1.807) is 4.90 Å². The van der Waals surface area contributed by atoms with Crippen molar-refractivity contribution in [3.8, 4) is 0 Å². The zero-order valence-corrected chi connectivity index (χ0v) is 13.3. The number of likely N-dealkylation sites (N-methyl/N-ethyl adjacent to an activating group) is 2. The average molecular weight is 298 g/mol. The van der Waals surface area contributed by atoms with E-state index in [4.69, 9.17) is 0 Å². The van der Waals surface area contributed by atoms with Gasteiger partial charge in [-0.05, 0) is 20.9 Å². The molecule has 1 N–H and O–H groups in total. The highest BCUT2D eigenvalue weighted by Gasteiger charge is 2.13. The largest absolute Gasteiger partial charge is 0.342 e. The van der Waals surface area contributed by atoms with Crippen molar-refractivity contribution < 1.29 is 9.59 Å². The van der Waals surface area contributed by atoms with Crippen LogP contribution in [0.3, 0.4) is 0 Å². The van der Waals surface area contributed by atoms with Gasteiger partial charge in [0.1, 0.15) is 0 Å². The van der Waals surface area contributed by atoms with Gasteiger partial charge < -0.3 is 10.2 Å². The van der Waals surface area contributed by atoms with Crippen molar-refractivity contribution in [1.82, 2.24) is 14.8 Å². The minimum atomic E-state index is -0.129. The van der Waals surface area contributed by atoms with Crippen molar-refractivity contribution in [2.24, 2.45) is 0 Å². The van der Waals surface area contributed by atoms with E-state index in [9.17, 15) is 9.59 Å². The third kappa shape index (κ3) is 5.26. The minimum Gasteiger partial charge on any atom is -0.342 e. The van der Waals surface area contributed by atoms with Crippen molar-refractivity contribution >= 4 is 28.3 Å². The van der Waals surface area contributed by atoms with Gasteiger partial charge in [-0.15, -0.1) is 11.3 Å². The quantitative estimate of drug-likeness (QED) is 0.826. The third-order valence-corrected chi connectivity index (χ3v) is 3.59. The average Bonchev–Trinajstić information content (AvgIpc) is 2.76. The van der Waals surface area contributed by atoms with E-state index in [0.717, 1.165) is 18.8 Å². The fourth-order valence-electron chi connectivity index (χ4n) is 1.83. The lowest BCUT2D eigenvalue weighted by Crippen LogP contribution is -2.38. The molecule has 6 nitrogen and oxygen atoms in total. The first kappa shape index (κ1) is 16.6. The number of nitrogens with one attached hydrogen (secondary N) is 1. The Hall–Kier alpha value is -1.47. The molecule has 0 atom stereocenters. The summed E-state index contributed by atoms with van der Waals surface area (Å²) in [6.45, 7) is 7.82. The van der Waals surface area contributed by atoms with Gasteiger partial charge in [-0.2, -0.15) is 0 Å². The van der Waals surface area contributed by atoms with Crippen molar-refractivity contribution in [1.29, 1.82) is 0 Å². The summed E-state index contributed by atoms with van der Waals surface area (Å²) in [5.74, 6) is -0.00854. The number of aromatic nitrogens is 1. The summed E-state index contributed by atoms with van der Waals surface area (Å²) < 4.78 is 0. The van der Waals surface area contributed by atoms with Crippen LogP contribution in [0.1, 0.15) is 26.5 Å². The molecule has 7 heteroatoms. The van der Waals surface area contributed by atoms with Gasteiger partial charge in [0.05, 0.1) is 12.2 Å². The van der Waals surface area contributed by atoms with Crippen LogP contribution < -0.4 is 5.32 Å². The Labute approximate surface area is 123 Å². The Balaban J connectivity index is 2.49. The smallest absolute Gasteiger partial charge is 0.236 e. The number of thiazole rings is 1. The topological polar surface area (TPSA) is 65.5 Å². The molecule has 20 heavy (non-hydrogen) atoms. The molecule has 1 rings (SSSR count). The molecule has 1 heterocycles. The number of nitrogens with zero attached hydrogens (tertiary/aromatic N) is 3. The zero-order chi connectivity index (χ0) is 15.1. The molecule has 1 aromatic heterocycles. The molecule has 0 unspecified atom stereocenters. The lowest BCUT2D eigenvalue weighted by atomic mass is 10.4. The molecular formula is C13H22N4O2S. The Morgan fingerprint density at radius 1 is 1.35 bits per heavy atom. The monoisotopic (exact) mass is 298 g/mol. The highest BCUT2D eigenvalue weighted by atomic mass is 32.1. The summed E-state index contributed by atoms with van der Waals surface area (Å²) in [6, 6.07) is 0. The van der Waals surface area contributed by atoms with Crippen molar-refractivity contribution in [2.45, 2.75) is 27.3 Å². The van der Waals surface area contributed by atoms with Gasteiger partial charge in [0, 0.05) is 31.9 Å². The molecule has 2 amide bonds. The Morgan fingerprint density at radius 2 is 2.00 bits per heavy atom. The molecule has 112 valence electrons. The van der Waals surface area contributed by atoms with E-state index < -0.39 is 0 Å². The van der Waals surface area contributed by atoms with Crippen LogP contribution in [-0.2, 0) is 16.1 Å². The molecule has 1 aromatic rings. The molecule has 0 aromatic carbocycles. The van der Waals surface area contributed by atoms with Crippen molar-refractivity contribution in [3.05, 3.63) is 11.1 Å². The Kier molecular flexibility index (Phi) is 6.60. The number of carbonyl (C=O) groups is 2. The molecule has 0 fully saturated rings. The van der Waals surface area contributed by atoms with Gasteiger partial charge in [0.2, 0.25) is 11.8 Å². The Bertz CT molecular complexity index is 457. The van der Waals surface area contributed by atoms with Crippen LogP contribution in [0.2, 0.25) is 0 Å². The maximum Gasteiger partial charge on any atom is 0.236 e. The number of hydrogen-bond acceptors (Lipinski definition) is 5. The van der Waals surface area contributed by atoms with E-state index in [1.807, 2.05) is 31.2 Å². The summed E-state index contributed by atoms with van der Waals surface area (Å²) in [6.07, 6.45) is 0. The minimum absolute atomic E-state index is 0.120. The van der Waals surface area contributed by atoms with Gasteiger partial charge in [-0.3, -0.25) is 14.5 Å². The highest BCUT2D eigenvalue weighted by Crippen LogP contribution is 2.16. The highest BCUT2D eigenvalue weighted by molar-refractivity contribution is 7.13. The molecule has 0 radical (unpaired) electrons. The first-order valence-corrected chi connectivity index (χ1v) is 7.52. The first-order chi connectivity index (χ1) is 9.46. The number of hydrogen-bond donors (Lipinski definition) is 1. The van der Waals surface area contributed by atoms with Crippen LogP contribution >= 0.6 is 11.3 Å². The summed E-state index contributed by atoms with van der Waals surface area (Å²) >= 11 is 1.39. The van der Waals surface area contributed by atoms with E-state index in [-0.39, 0.29) is 11.8 Å². The number of anilines is 1. The predicted molar refractivity (Wildman–Crippen MR) is 80.7 cm³/mol. The molecule has 0 aliphatic heterocycles. The summed E-state index contributed by atoms with van der Waals surface area (Å²) in [5.41, 5.74) is 0.855. The lowest BCUT2D eigenvalue weighted by molar-refractivity contribution is -0.131. The SMILES string of the molecule is CCN(CC)C(=O)CN(C)Cc1csc(NC(C)=O)n1. The van der Waals surface area contributed by atoms with Crippen LogP contribution in [0, 0.1) is 0 Å². The molecule has 0 aliphatic carbocycles.